The van der Waals surface area contributed by atoms with Crippen LogP contribution in [-0.2, 0) is 11.3 Å². The number of benzene rings is 1. The van der Waals surface area contributed by atoms with Gasteiger partial charge >= 0.3 is 5.69 Å². The summed E-state index contributed by atoms with van der Waals surface area (Å²) in [6.45, 7) is 1.69. The second-order valence-electron chi connectivity index (χ2n) is 4.79. The summed E-state index contributed by atoms with van der Waals surface area (Å²) in [6.07, 6.45) is 0. The van der Waals surface area contributed by atoms with Crippen LogP contribution in [0, 0.1) is 6.92 Å². The summed E-state index contributed by atoms with van der Waals surface area (Å²) in [6, 6.07) is 9.10. The van der Waals surface area contributed by atoms with Crippen LogP contribution < -0.4 is 11.0 Å². The van der Waals surface area contributed by atoms with Gasteiger partial charge in [-0.15, -0.1) is 11.3 Å². The maximum atomic E-state index is 12.2. The number of rotatable bonds is 4. The molecule has 0 fully saturated rings. The number of hydrogen-bond donors (Lipinski definition) is 1. The zero-order chi connectivity index (χ0) is 16.4. The van der Waals surface area contributed by atoms with Gasteiger partial charge in [0, 0.05) is 10.2 Å². The quantitative estimate of drug-likeness (QED) is 0.736. The molecule has 0 radical (unpaired) electrons. The summed E-state index contributed by atoms with van der Waals surface area (Å²) in [5.41, 5.74) is 1.16. The number of aryl methyl sites for hydroxylation is 1. The predicted molar refractivity (Wildman–Crippen MR) is 91.0 cm³/mol. The van der Waals surface area contributed by atoms with E-state index >= 15 is 0 Å². The Hall–Kier alpha value is -2.26. The van der Waals surface area contributed by atoms with Gasteiger partial charge in [-0.1, -0.05) is 15.9 Å². The van der Waals surface area contributed by atoms with E-state index in [1.165, 1.54) is 16.0 Å². The number of nitrogens with zero attached hydrogens (tertiary/aromatic N) is 4. The highest BCUT2D eigenvalue weighted by molar-refractivity contribution is 9.10. The minimum Gasteiger partial charge on any atom is -0.324 e. The van der Waals surface area contributed by atoms with Crippen molar-refractivity contribution >= 4 is 38.9 Å². The maximum Gasteiger partial charge on any atom is 0.369 e. The number of amides is 1. The van der Waals surface area contributed by atoms with Gasteiger partial charge in [-0.05, 0) is 58.6 Å². The SMILES string of the molecule is Cc1cc(Br)ccc1NC(=O)Cn1nnn(-c2cccs2)c1=O. The molecule has 1 aromatic carbocycles. The van der Waals surface area contributed by atoms with Crippen molar-refractivity contribution in [2.45, 2.75) is 13.5 Å². The van der Waals surface area contributed by atoms with E-state index in [2.05, 4.69) is 31.7 Å². The summed E-state index contributed by atoms with van der Waals surface area (Å²) in [5, 5.41) is 12.8. The van der Waals surface area contributed by atoms with Crippen LogP contribution in [-0.4, -0.2) is 25.7 Å². The summed E-state index contributed by atoms with van der Waals surface area (Å²) >= 11 is 4.74. The van der Waals surface area contributed by atoms with Crippen LogP contribution in [0.15, 0.2) is 45.0 Å². The minimum atomic E-state index is -0.449. The molecule has 0 spiro atoms. The number of anilines is 1. The molecule has 0 saturated carbocycles. The molecule has 0 unspecified atom stereocenters. The summed E-state index contributed by atoms with van der Waals surface area (Å²) in [4.78, 5) is 24.3. The molecule has 1 amide bonds. The lowest BCUT2D eigenvalue weighted by molar-refractivity contribution is -0.117. The monoisotopic (exact) mass is 393 g/mol. The Bertz CT molecular complexity index is 900. The average molecular weight is 394 g/mol. The van der Waals surface area contributed by atoms with Gasteiger partial charge in [0.2, 0.25) is 5.91 Å². The van der Waals surface area contributed by atoms with E-state index in [9.17, 15) is 9.59 Å². The predicted octanol–water partition coefficient (Wildman–Crippen LogP) is 2.20. The van der Waals surface area contributed by atoms with Gasteiger partial charge in [0.05, 0.1) is 0 Å². The van der Waals surface area contributed by atoms with Gasteiger partial charge in [-0.25, -0.2) is 4.79 Å². The number of carbonyl (C=O) groups excluding carboxylic acids is 1. The maximum absolute atomic E-state index is 12.2. The Morgan fingerprint density at radius 1 is 1.35 bits per heavy atom. The molecular formula is C14H12BrN5O2S. The number of carbonyl (C=O) groups is 1. The first-order valence-electron chi connectivity index (χ1n) is 6.67. The molecule has 0 aliphatic carbocycles. The largest absolute Gasteiger partial charge is 0.369 e. The van der Waals surface area contributed by atoms with Crippen LogP contribution in [0.4, 0.5) is 5.69 Å². The van der Waals surface area contributed by atoms with E-state index in [1.807, 2.05) is 30.5 Å². The van der Waals surface area contributed by atoms with Crippen molar-refractivity contribution in [2.24, 2.45) is 0 Å². The first-order chi connectivity index (χ1) is 11.0. The summed E-state index contributed by atoms with van der Waals surface area (Å²) in [7, 11) is 0. The van der Waals surface area contributed by atoms with Crippen molar-refractivity contribution in [3.63, 3.8) is 0 Å². The van der Waals surface area contributed by atoms with Gasteiger partial charge in [0.1, 0.15) is 11.5 Å². The first-order valence-corrected chi connectivity index (χ1v) is 8.34. The molecule has 3 rings (SSSR count). The Morgan fingerprint density at radius 2 is 2.17 bits per heavy atom. The molecule has 0 aliphatic heterocycles. The fourth-order valence-corrected chi connectivity index (χ4v) is 3.14. The number of nitrogens with one attached hydrogen (secondary N) is 1. The van der Waals surface area contributed by atoms with Crippen LogP contribution in [0.5, 0.6) is 0 Å². The number of hydrogen-bond acceptors (Lipinski definition) is 5. The Balaban J connectivity index is 1.75. The van der Waals surface area contributed by atoms with Crippen molar-refractivity contribution in [3.8, 4) is 5.00 Å². The molecule has 0 saturated heterocycles. The molecule has 0 bridgehead atoms. The lowest BCUT2D eigenvalue weighted by Gasteiger charge is -2.08. The van der Waals surface area contributed by atoms with Crippen LogP contribution >= 0.6 is 27.3 Å². The third-order valence-electron chi connectivity index (χ3n) is 3.11. The van der Waals surface area contributed by atoms with Gasteiger partial charge in [-0.2, -0.15) is 9.36 Å². The molecule has 118 valence electrons. The van der Waals surface area contributed by atoms with Gasteiger partial charge in [0.25, 0.3) is 0 Å². The van der Waals surface area contributed by atoms with Crippen molar-refractivity contribution in [2.75, 3.05) is 5.32 Å². The van der Waals surface area contributed by atoms with E-state index in [0.717, 1.165) is 14.7 Å². The molecule has 2 heterocycles. The van der Waals surface area contributed by atoms with E-state index in [-0.39, 0.29) is 12.5 Å². The lowest BCUT2D eigenvalue weighted by Crippen LogP contribution is -2.29. The lowest BCUT2D eigenvalue weighted by atomic mass is 10.2. The van der Waals surface area contributed by atoms with E-state index in [4.69, 9.17) is 0 Å². The normalized spacial score (nSPS) is 10.7. The summed E-state index contributed by atoms with van der Waals surface area (Å²) in [5.74, 6) is -0.337. The highest BCUT2D eigenvalue weighted by atomic mass is 79.9. The van der Waals surface area contributed by atoms with Crippen molar-refractivity contribution in [1.82, 2.24) is 19.8 Å². The molecule has 7 nitrogen and oxygen atoms in total. The second kappa shape index (κ2) is 6.47. The molecule has 3 aromatic rings. The number of halogens is 1. The zero-order valence-electron chi connectivity index (χ0n) is 12.1. The van der Waals surface area contributed by atoms with E-state index in [0.29, 0.717) is 10.7 Å². The average Bonchev–Trinajstić information content (AvgIpc) is 3.13. The van der Waals surface area contributed by atoms with Gasteiger partial charge < -0.3 is 5.32 Å². The van der Waals surface area contributed by atoms with Crippen molar-refractivity contribution in [1.29, 1.82) is 0 Å². The number of tetrazole rings is 1. The zero-order valence-corrected chi connectivity index (χ0v) is 14.5. The molecule has 2 aromatic heterocycles. The molecule has 0 aliphatic rings. The van der Waals surface area contributed by atoms with Crippen LogP contribution in [0.25, 0.3) is 5.00 Å². The van der Waals surface area contributed by atoms with Crippen LogP contribution in [0.1, 0.15) is 5.56 Å². The molecule has 23 heavy (non-hydrogen) atoms. The van der Waals surface area contributed by atoms with E-state index < -0.39 is 5.69 Å². The topological polar surface area (TPSA) is 81.8 Å². The number of thiophene rings is 1. The smallest absolute Gasteiger partial charge is 0.324 e. The van der Waals surface area contributed by atoms with Gasteiger partial charge in [-0.3, -0.25) is 4.79 Å². The van der Waals surface area contributed by atoms with Crippen LogP contribution in [0.3, 0.4) is 0 Å². The Kier molecular flexibility index (Phi) is 4.39. The standard InChI is InChI=1S/C14H12BrN5O2S/c1-9-7-10(15)4-5-11(9)16-12(21)8-19-14(22)20(18-17-19)13-3-2-6-23-13/h2-7H,8H2,1H3,(H,16,21). The first kappa shape index (κ1) is 15.6. The highest BCUT2D eigenvalue weighted by Gasteiger charge is 2.13. The fourth-order valence-electron chi connectivity index (χ4n) is 2.00. The molecule has 0 atom stereocenters. The Morgan fingerprint density at radius 3 is 2.87 bits per heavy atom. The molecule has 9 heteroatoms. The highest BCUT2D eigenvalue weighted by Crippen LogP contribution is 2.19. The van der Waals surface area contributed by atoms with E-state index in [1.54, 1.807) is 12.1 Å². The fraction of sp³-hybridized carbons (Fsp3) is 0.143. The minimum absolute atomic E-state index is 0.195. The second-order valence-corrected chi connectivity index (χ2v) is 6.63. The van der Waals surface area contributed by atoms with Crippen molar-refractivity contribution < 1.29 is 4.79 Å². The number of aromatic nitrogens is 4. The summed E-state index contributed by atoms with van der Waals surface area (Å²) < 4.78 is 3.13. The molecular weight excluding hydrogens is 382 g/mol. The van der Waals surface area contributed by atoms with Gasteiger partial charge in [0.15, 0.2) is 0 Å². The Labute approximate surface area is 143 Å². The third-order valence-corrected chi connectivity index (χ3v) is 4.45. The van der Waals surface area contributed by atoms with Crippen molar-refractivity contribution in [3.05, 3.63) is 56.2 Å². The molecule has 1 N–H and O–H groups in total. The van der Waals surface area contributed by atoms with Crippen LogP contribution in [0.2, 0.25) is 0 Å². The third kappa shape index (κ3) is 3.40.